The molecule has 0 atom stereocenters. The van der Waals surface area contributed by atoms with Crippen LogP contribution in [0, 0.1) is 0 Å². The van der Waals surface area contributed by atoms with E-state index in [1.54, 1.807) is 31.4 Å². The van der Waals surface area contributed by atoms with Crippen molar-refractivity contribution in [3.8, 4) is 0 Å². The molecule has 0 radical (unpaired) electrons. The first-order chi connectivity index (χ1) is 7.58. The van der Waals surface area contributed by atoms with Gasteiger partial charge in [0.15, 0.2) is 0 Å². The van der Waals surface area contributed by atoms with Crippen LogP contribution in [0.5, 0.6) is 0 Å². The van der Waals surface area contributed by atoms with Gasteiger partial charge in [-0.3, -0.25) is 0 Å². The maximum atomic E-state index is 11.8. The van der Waals surface area contributed by atoms with Crippen molar-refractivity contribution < 1.29 is 13.2 Å². The summed E-state index contributed by atoms with van der Waals surface area (Å²) in [6, 6.07) is 6.72. The number of ether oxygens (including phenoxy) is 1. The average molecular weight is 308 g/mol. The zero-order chi connectivity index (χ0) is 12.0. The number of rotatable bonds is 6. The van der Waals surface area contributed by atoms with Crippen LogP contribution in [0.4, 0.5) is 0 Å². The van der Waals surface area contributed by atoms with Gasteiger partial charge in [0.2, 0.25) is 10.0 Å². The van der Waals surface area contributed by atoms with E-state index in [-0.39, 0.29) is 4.90 Å². The number of hydrogen-bond donors (Lipinski definition) is 1. The van der Waals surface area contributed by atoms with Crippen molar-refractivity contribution in [2.24, 2.45) is 0 Å². The zero-order valence-electron chi connectivity index (χ0n) is 8.94. The molecule has 0 aliphatic carbocycles. The fourth-order valence-corrected chi connectivity index (χ4v) is 3.24. The van der Waals surface area contributed by atoms with Crippen molar-refractivity contribution in [3.05, 3.63) is 28.7 Å². The van der Waals surface area contributed by atoms with Gasteiger partial charge in [0.25, 0.3) is 0 Å². The van der Waals surface area contributed by atoms with Crippen LogP contribution in [0.25, 0.3) is 0 Å². The fraction of sp³-hybridized carbons (Fsp3) is 0.400. The largest absolute Gasteiger partial charge is 0.385 e. The summed E-state index contributed by atoms with van der Waals surface area (Å²) in [6.07, 6.45) is 0.653. The molecule has 1 aromatic carbocycles. The van der Waals surface area contributed by atoms with Crippen LogP contribution in [0.3, 0.4) is 0 Å². The molecule has 4 nitrogen and oxygen atoms in total. The number of benzene rings is 1. The summed E-state index contributed by atoms with van der Waals surface area (Å²) in [5.74, 6) is 0. The maximum absolute atomic E-state index is 11.8. The van der Waals surface area contributed by atoms with E-state index >= 15 is 0 Å². The van der Waals surface area contributed by atoms with E-state index in [4.69, 9.17) is 4.74 Å². The number of hydrogen-bond acceptors (Lipinski definition) is 3. The second-order valence-electron chi connectivity index (χ2n) is 3.17. The van der Waals surface area contributed by atoms with E-state index in [0.29, 0.717) is 24.0 Å². The van der Waals surface area contributed by atoms with Crippen LogP contribution in [0.2, 0.25) is 0 Å². The molecule has 90 valence electrons. The Kier molecular flexibility index (Phi) is 5.40. The lowest BCUT2D eigenvalue weighted by molar-refractivity contribution is 0.196. The van der Waals surface area contributed by atoms with Crippen molar-refractivity contribution in [3.63, 3.8) is 0 Å². The van der Waals surface area contributed by atoms with Gasteiger partial charge >= 0.3 is 0 Å². The molecule has 0 fully saturated rings. The van der Waals surface area contributed by atoms with Crippen LogP contribution in [-0.4, -0.2) is 28.7 Å². The second-order valence-corrected chi connectivity index (χ2v) is 5.76. The monoisotopic (exact) mass is 307 g/mol. The highest BCUT2D eigenvalue weighted by Crippen LogP contribution is 2.20. The van der Waals surface area contributed by atoms with Crippen LogP contribution < -0.4 is 4.72 Å². The van der Waals surface area contributed by atoms with Gasteiger partial charge in [0.05, 0.1) is 4.90 Å². The highest BCUT2D eigenvalue weighted by molar-refractivity contribution is 9.10. The molecule has 0 spiro atoms. The molecular weight excluding hydrogens is 294 g/mol. The summed E-state index contributed by atoms with van der Waals surface area (Å²) in [7, 11) is -1.84. The van der Waals surface area contributed by atoms with Gasteiger partial charge in [0, 0.05) is 24.7 Å². The van der Waals surface area contributed by atoms with E-state index in [9.17, 15) is 8.42 Å². The van der Waals surface area contributed by atoms with Crippen LogP contribution in [-0.2, 0) is 14.8 Å². The van der Waals surface area contributed by atoms with Gasteiger partial charge < -0.3 is 4.74 Å². The molecule has 16 heavy (non-hydrogen) atoms. The minimum Gasteiger partial charge on any atom is -0.385 e. The smallest absolute Gasteiger partial charge is 0.241 e. The maximum Gasteiger partial charge on any atom is 0.241 e. The van der Waals surface area contributed by atoms with Crippen LogP contribution in [0.1, 0.15) is 6.42 Å². The molecular formula is C10H14BrNO3S. The first-order valence-electron chi connectivity index (χ1n) is 4.81. The van der Waals surface area contributed by atoms with E-state index in [2.05, 4.69) is 20.7 Å². The summed E-state index contributed by atoms with van der Waals surface area (Å²) in [5.41, 5.74) is 0. The third-order valence-corrected chi connectivity index (χ3v) is 4.42. The van der Waals surface area contributed by atoms with Gasteiger partial charge in [-0.2, -0.15) is 0 Å². The van der Waals surface area contributed by atoms with Gasteiger partial charge in [-0.05, 0) is 34.5 Å². The lowest BCUT2D eigenvalue weighted by Gasteiger charge is -2.07. The number of nitrogens with one attached hydrogen (secondary N) is 1. The normalized spacial score (nSPS) is 11.6. The SMILES string of the molecule is COCCCNS(=O)(=O)c1ccccc1Br. The zero-order valence-corrected chi connectivity index (χ0v) is 11.3. The minimum absolute atomic E-state index is 0.257. The average Bonchev–Trinajstić information content (AvgIpc) is 2.25. The molecule has 0 amide bonds. The highest BCUT2D eigenvalue weighted by Gasteiger charge is 2.15. The van der Waals surface area contributed by atoms with Crippen molar-refractivity contribution >= 4 is 26.0 Å². The summed E-state index contributed by atoms with van der Waals surface area (Å²) in [6.45, 7) is 0.913. The highest BCUT2D eigenvalue weighted by atomic mass is 79.9. The number of halogens is 1. The van der Waals surface area contributed by atoms with E-state index in [1.807, 2.05) is 0 Å². The van der Waals surface area contributed by atoms with Gasteiger partial charge in [0.1, 0.15) is 0 Å². The Morgan fingerprint density at radius 1 is 1.38 bits per heavy atom. The molecule has 0 aliphatic heterocycles. The molecule has 0 saturated carbocycles. The Bertz CT molecular complexity index is 433. The summed E-state index contributed by atoms with van der Waals surface area (Å²) >= 11 is 3.21. The molecule has 1 N–H and O–H groups in total. The van der Waals surface area contributed by atoms with Crippen molar-refractivity contribution in [1.82, 2.24) is 4.72 Å². The Balaban J connectivity index is 2.68. The second kappa shape index (κ2) is 6.34. The molecule has 1 rings (SSSR count). The van der Waals surface area contributed by atoms with Crippen molar-refractivity contribution in [2.45, 2.75) is 11.3 Å². The first-order valence-corrected chi connectivity index (χ1v) is 7.08. The van der Waals surface area contributed by atoms with Crippen molar-refractivity contribution in [2.75, 3.05) is 20.3 Å². The lowest BCUT2D eigenvalue weighted by Crippen LogP contribution is -2.25. The van der Waals surface area contributed by atoms with Crippen LogP contribution in [0.15, 0.2) is 33.6 Å². The molecule has 0 heterocycles. The predicted octanol–water partition coefficient (Wildman–Crippen LogP) is 1.76. The first kappa shape index (κ1) is 13.6. The predicted molar refractivity (Wildman–Crippen MR) is 65.8 cm³/mol. The molecule has 0 aliphatic rings. The number of sulfonamides is 1. The molecule has 0 aromatic heterocycles. The third kappa shape index (κ3) is 3.86. The number of methoxy groups -OCH3 is 1. The molecule has 0 unspecified atom stereocenters. The van der Waals surface area contributed by atoms with Gasteiger partial charge in [-0.1, -0.05) is 12.1 Å². The fourth-order valence-electron chi connectivity index (χ4n) is 1.16. The van der Waals surface area contributed by atoms with Gasteiger partial charge in [-0.25, -0.2) is 13.1 Å². The van der Waals surface area contributed by atoms with Crippen molar-refractivity contribution in [1.29, 1.82) is 0 Å². The van der Waals surface area contributed by atoms with E-state index in [1.165, 1.54) is 0 Å². The molecule has 1 aromatic rings. The Hall–Kier alpha value is -0.430. The van der Waals surface area contributed by atoms with E-state index < -0.39 is 10.0 Å². The molecule has 0 bridgehead atoms. The molecule has 6 heteroatoms. The Labute approximate surface area is 104 Å². The summed E-state index contributed by atoms with van der Waals surface area (Å²) in [5, 5.41) is 0. The van der Waals surface area contributed by atoms with E-state index in [0.717, 1.165) is 0 Å². The quantitative estimate of drug-likeness (QED) is 0.815. The molecule has 0 saturated heterocycles. The standard InChI is InChI=1S/C10H14BrNO3S/c1-15-8-4-7-12-16(13,14)10-6-3-2-5-9(10)11/h2-3,5-6,12H,4,7-8H2,1H3. The summed E-state index contributed by atoms with van der Waals surface area (Å²) in [4.78, 5) is 0.257. The topological polar surface area (TPSA) is 55.4 Å². The Morgan fingerprint density at radius 3 is 2.69 bits per heavy atom. The van der Waals surface area contributed by atoms with Gasteiger partial charge in [-0.15, -0.1) is 0 Å². The van der Waals surface area contributed by atoms with Crippen LogP contribution >= 0.6 is 15.9 Å². The third-order valence-electron chi connectivity index (χ3n) is 1.94. The lowest BCUT2D eigenvalue weighted by atomic mass is 10.4. The minimum atomic E-state index is -3.42. The Morgan fingerprint density at radius 2 is 2.06 bits per heavy atom. The summed E-state index contributed by atoms with van der Waals surface area (Å²) < 4.78 is 31.6.